The van der Waals surface area contributed by atoms with Crippen LogP contribution >= 0.6 is 15.9 Å². The molecule has 0 N–H and O–H groups in total. The number of hydrogen-bond acceptors (Lipinski definition) is 4. The van der Waals surface area contributed by atoms with Crippen molar-refractivity contribution in [2.24, 2.45) is 22.7 Å². The molecule has 0 aromatic rings. The Morgan fingerprint density at radius 1 is 0.750 bits per heavy atom. The van der Waals surface area contributed by atoms with Crippen LogP contribution in [0.2, 0.25) is 0 Å². The van der Waals surface area contributed by atoms with Crippen molar-refractivity contribution in [1.29, 1.82) is 0 Å². The minimum absolute atomic E-state index is 0.115. The van der Waals surface area contributed by atoms with Crippen molar-refractivity contribution in [2.45, 2.75) is 119 Å². The number of esters is 1. The molecule has 0 spiro atoms. The monoisotopic (exact) mass is 520 g/mol. The van der Waals surface area contributed by atoms with Gasteiger partial charge in [0, 0.05) is 31.4 Å². The van der Waals surface area contributed by atoms with Crippen LogP contribution in [0.3, 0.4) is 0 Å². The predicted octanol–water partition coefficient (Wildman–Crippen LogP) is 8.16. The quantitative estimate of drug-likeness (QED) is 0.0790. The van der Waals surface area contributed by atoms with E-state index in [0.29, 0.717) is 55.3 Å². The van der Waals surface area contributed by atoms with Gasteiger partial charge in [0.25, 0.3) is 0 Å². The molecule has 4 nitrogen and oxygen atoms in total. The van der Waals surface area contributed by atoms with Gasteiger partial charge in [0.1, 0.15) is 0 Å². The van der Waals surface area contributed by atoms with Crippen LogP contribution in [0.15, 0.2) is 0 Å². The van der Waals surface area contributed by atoms with Crippen molar-refractivity contribution in [3.8, 4) is 0 Å². The lowest BCUT2D eigenvalue weighted by molar-refractivity contribution is -0.163. The van der Waals surface area contributed by atoms with E-state index in [1.165, 1.54) is 12.8 Å². The minimum atomic E-state index is -0.306. The summed E-state index contributed by atoms with van der Waals surface area (Å²) in [4.78, 5) is 11.9. The molecular formula is C27H53BrO4. The Balaban J connectivity index is 4.41. The molecule has 0 saturated heterocycles. The highest BCUT2D eigenvalue weighted by Crippen LogP contribution is 2.27. The van der Waals surface area contributed by atoms with Gasteiger partial charge in [-0.1, -0.05) is 77.7 Å². The van der Waals surface area contributed by atoms with Crippen molar-refractivity contribution < 1.29 is 19.0 Å². The van der Waals surface area contributed by atoms with Crippen LogP contribution in [0.5, 0.6) is 0 Å². The Morgan fingerprint density at radius 2 is 1.25 bits per heavy atom. The van der Waals surface area contributed by atoms with E-state index in [4.69, 9.17) is 14.2 Å². The molecule has 0 aliphatic heterocycles. The number of carbonyl (C=O) groups excluding carboxylic acids is 1. The molecule has 0 bridgehead atoms. The third-order valence-electron chi connectivity index (χ3n) is 5.38. The summed E-state index contributed by atoms with van der Waals surface area (Å²) in [5.74, 6) is 1.11. The van der Waals surface area contributed by atoms with Crippen molar-refractivity contribution in [2.75, 3.05) is 25.2 Å². The van der Waals surface area contributed by atoms with Gasteiger partial charge in [0.05, 0.1) is 6.61 Å². The van der Waals surface area contributed by atoms with Crippen molar-refractivity contribution in [3.63, 3.8) is 0 Å². The summed E-state index contributed by atoms with van der Waals surface area (Å²) in [5.41, 5.74) is 0.669. The second-order valence-corrected chi connectivity index (χ2v) is 12.8. The highest BCUT2D eigenvalue weighted by atomic mass is 79.9. The summed E-state index contributed by atoms with van der Waals surface area (Å²) in [6.45, 7) is 20.0. The number of ether oxygens (including phenoxy) is 3. The molecule has 32 heavy (non-hydrogen) atoms. The molecule has 192 valence electrons. The zero-order chi connectivity index (χ0) is 24.6. The summed E-state index contributed by atoms with van der Waals surface area (Å²) in [6.07, 6.45) is 8.21. The Morgan fingerprint density at radius 3 is 1.69 bits per heavy atom. The summed E-state index contributed by atoms with van der Waals surface area (Å²) in [5, 5.41) is 0.987. The van der Waals surface area contributed by atoms with Crippen molar-refractivity contribution in [1.82, 2.24) is 0 Å². The van der Waals surface area contributed by atoms with Crippen LogP contribution < -0.4 is 0 Å². The Kier molecular flexibility index (Phi) is 17.3. The predicted molar refractivity (Wildman–Crippen MR) is 139 cm³/mol. The molecular weight excluding hydrogens is 468 g/mol. The van der Waals surface area contributed by atoms with Crippen LogP contribution in [0.1, 0.15) is 113 Å². The van der Waals surface area contributed by atoms with Crippen LogP contribution in [0, 0.1) is 22.7 Å². The second kappa shape index (κ2) is 17.3. The van der Waals surface area contributed by atoms with Gasteiger partial charge in [0.15, 0.2) is 6.29 Å². The molecule has 0 heterocycles. The smallest absolute Gasteiger partial charge is 0.305 e. The minimum Gasteiger partial charge on any atom is -0.465 e. The lowest BCUT2D eigenvalue weighted by Crippen LogP contribution is -2.24. The van der Waals surface area contributed by atoms with Gasteiger partial charge in [-0.3, -0.25) is 4.79 Å². The van der Waals surface area contributed by atoms with Gasteiger partial charge in [0.2, 0.25) is 0 Å². The maximum atomic E-state index is 11.9. The molecule has 2 atom stereocenters. The maximum absolute atomic E-state index is 11.9. The molecule has 0 saturated carbocycles. The van der Waals surface area contributed by atoms with E-state index in [1.807, 2.05) is 0 Å². The van der Waals surface area contributed by atoms with Gasteiger partial charge >= 0.3 is 5.97 Å². The maximum Gasteiger partial charge on any atom is 0.305 e. The fourth-order valence-electron chi connectivity index (χ4n) is 4.19. The van der Waals surface area contributed by atoms with Crippen molar-refractivity contribution in [3.05, 3.63) is 0 Å². The van der Waals surface area contributed by atoms with E-state index in [1.54, 1.807) is 0 Å². The van der Waals surface area contributed by atoms with E-state index in [-0.39, 0.29) is 12.3 Å². The largest absolute Gasteiger partial charge is 0.465 e. The van der Waals surface area contributed by atoms with E-state index >= 15 is 0 Å². The highest BCUT2D eigenvalue weighted by Gasteiger charge is 2.18. The van der Waals surface area contributed by atoms with Crippen molar-refractivity contribution >= 4 is 21.9 Å². The van der Waals surface area contributed by atoms with E-state index in [0.717, 1.165) is 37.4 Å². The first-order valence-electron chi connectivity index (χ1n) is 12.8. The molecule has 0 aliphatic carbocycles. The summed E-state index contributed by atoms with van der Waals surface area (Å²) >= 11 is 3.42. The number of hydrogen-bond donors (Lipinski definition) is 0. The van der Waals surface area contributed by atoms with Gasteiger partial charge < -0.3 is 14.2 Å². The molecule has 0 rings (SSSR count). The van der Waals surface area contributed by atoms with Crippen LogP contribution in [-0.4, -0.2) is 37.4 Å². The number of alkyl halides is 1. The first-order valence-corrected chi connectivity index (χ1v) is 13.9. The molecule has 0 fully saturated rings. The average molecular weight is 522 g/mol. The topological polar surface area (TPSA) is 44.8 Å². The lowest BCUT2D eigenvalue weighted by Gasteiger charge is -2.25. The number of carbonyl (C=O) groups is 1. The van der Waals surface area contributed by atoms with Gasteiger partial charge in [-0.25, -0.2) is 0 Å². The second-order valence-electron chi connectivity index (χ2n) is 12.0. The molecule has 2 unspecified atom stereocenters. The molecule has 0 amide bonds. The summed E-state index contributed by atoms with van der Waals surface area (Å²) in [7, 11) is 0. The van der Waals surface area contributed by atoms with Gasteiger partial charge in [-0.05, 0) is 61.2 Å². The zero-order valence-electron chi connectivity index (χ0n) is 22.4. The van der Waals surface area contributed by atoms with E-state index < -0.39 is 0 Å². The summed E-state index contributed by atoms with van der Waals surface area (Å²) in [6, 6.07) is 0. The fraction of sp³-hybridized carbons (Fsp3) is 0.963. The van der Waals surface area contributed by atoms with Gasteiger partial charge in [-0.2, -0.15) is 0 Å². The fourth-order valence-corrected chi connectivity index (χ4v) is 4.59. The van der Waals surface area contributed by atoms with Crippen LogP contribution in [-0.2, 0) is 19.0 Å². The van der Waals surface area contributed by atoms with E-state index in [2.05, 4.69) is 71.3 Å². The molecule has 0 aliphatic rings. The molecule has 0 radical (unpaired) electrons. The van der Waals surface area contributed by atoms with Crippen LogP contribution in [0.25, 0.3) is 0 Å². The van der Waals surface area contributed by atoms with Crippen LogP contribution in [0.4, 0.5) is 0 Å². The number of halogens is 1. The van der Waals surface area contributed by atoms with Gasteiger partial charge in [-0.15, -0.1) is 0 Å². The standard InChI is InChI=1S/C27H53BrO4/c1-22(20-26(3,4)5)13-17-31-25(32-18-14-23(2)21-27(6,7)8)15-19-30-24(29)12-10-9-11-16-28/h22-23,25H,9-21H2,1-8H3. The zero-order valence-corrected chi connectivity index (χ0v) is 24.0. The lowest BCUT2D eigenvalue weighted by atomic mass is 9.84. The number of rotatable bonds is 18. The van der Waals surface area contributed by atoms with E-state index in [9.17, 15) is 4.79 Å². The summed E-state index contributed by atoms with van der Waals surface area (Å²) < 4.78 is 17.6. The first-order chi connectivity index (χ1) is 14.8. The highest BCUT2D eigenvalue weighted by molar-refractivity contribution is 9.09. The molecule has 5 heteroatoms. The number of unbranched alkanes of at least 4 members (excludes halogenated alkanes) is 2. The SMILES string of the molecule is CC(CCOC(CCOC(=O)CCCCCBr)OCCC(C)CC(C)(C)C)CC(C)(C)C. The average Bonchev–Trinajstić information content (AvgIpc) is 2.62. The Hall–Kier alpha value is -0.130. The molecule has 0 aromatic carbocycles. The third kappa shape index (κ3) is 21.7. The Labute approximate surface area is 208 Å². The normalized spacial score (nSPS) is 15.4. The third-order valence-corrected chi connectivity index (χ3v) is 5.94. The Bertz CT molecular complexity index is 439. The first kappa shape index (κ1) is 31.9. The molecule has 0 aromatic heterocycles.